The van der Waals surface area contributed by atoms with Crippen LogP contribution in [0.3, 0.4) is 0 Å². The van der Waals surface area contributed by atoms with Crippen LogP contribution in [0.2, 0.25) is 0 Å². The Hall–Kier alpha value is -5.72. The van der Waals surface area contributed by atoms with Gasteiger partial charge in [-0.2, -0.15) is 4.79 Å². The summed E-state index contributed by atoms with van der Waals surface area (Å²) in [6, 6.07) is 20.8. The van der Waals surface area contributed by atoms with E-state index in [0.29, 0.717) is 0 Å². The van der Waals surface area contributed by atoms with Crippen molar-refractivity contribution in [3.05, 3.63) is 89.5 Å². The molecule has 43 heavy (non-hydrogen) atoms. The molecule has 0 bridgehead atoms. The molecule has 0 saturated carbocycles. The van der Waals surface area contributed by atoms with Crippen molar-refractivity contribution in [2.24, 2.45) is 27.9 Å². The zero-order chi connectivity index (χ0) is 32.9. The van der Waals surface area contributed by atoms with Gasteiger partial charge in [0.1, 0.15) is 6.29 Å². The minimum absolute atomic E-state index is 0.554. The van der Waals surface area contributed by atoms with Gasteiger partial charge in [-0.05, 0) is 66.2 Å². The summed E-state index contributed by atoms with van der Waals surface area (Å²) in [5.74, 6) is 0. The number of nitrogens with one attached hydrogen (secondary N) is 1. The molecule has 9 N–H and O–H groups in total. The molecule has 0 radical (unpaired) electrons. The molecule has 0 aromatic heterocycles. The number of rotatable bonds is 6. The van der Waals surface area contributed by atoms with E-state index in [4.69, 9.17) is 16.3 Å². The maximum Gasteiger partial charge on any atom is 0.486 e. The molecule has 13 nitrogen and oxygen atoms in total. The molecule has 230 valence electrons. The average Bonchev–Trinajstić information content (AvgIpc) is 2.95. The number of amides is 6. The zero-order valence-electron chi connectivity index (χ0n) is 25.4. The maximum absolute atomic E-state index is 10.4. The normalized spacial score (nSPS) is 9.72. The molecule has 0 unspecified atom stereocenters. The first-order valence-corrected chi connectivity index (χ1v) is 12.7. The first-order chi connectivity index (χ1) is 20.2. The molecule has 3 rings (SSSR count). The predicted molar refractivity (Wildman–Crippen MR) is 174 cm³/mol. The van der Waals surface area contributed by atoms with E-state index in [1.807, 2.05) is 130 Å². The Balaban J connectivity index is 0.000000582. The van der Waals surface area contributed by atoms with Crippen molar-refractivity contribution < 1.29 is 24.2 Å². The molecular formula is C30H42N9O4+. The van der Waals surface area contributed by atoms with Crippen LogP contribution in [0.25, 0.3) is 0 Å². The van der Waals surface area contributed by atoms with E-state index in [9.17, 15) is 14.4 Å². The van der Waals surface area contributed by atoms with Crippen LogP contribution < -0.4 is 42.6 Å². The van der Waals surface area contributed by atoms with Gasteiger partial charge in [0.15, 0.2) is 0 Å². The summed E-state index contributed by atoms with van der Waals surface area (Å²) >= 11 is 0. The summed E-state index contributed by atoms with van der Waals surface area (Å²) in [6.45, 7) is 0. The quantitative estimate of drug-likeness (QED) is 0.208. The number of aldehydes is 1. The topological polar surface area (TPSA) is 208 Å². The largest absolute Gasteiger partial charge is 0.486 e. The zero-order valence-corrected chi connectivity index (χ0v) is 25.4. The van der Waals surface area contributed by atoms with Crippen LogP contribution >= 0.6 is 0 Å². The third-order valence-electron chi connectivity index (χ3n) is 5.09. The van der Waals surface area contributed by atoms with Crippen LogP contribution in [-0.2, 0) is 0 Å². The van der Waals surface area contributed by atoms with Crippen molar-refractivity contribution in [2.75, 3.05) is 57.0 Å². The molecule has 3 aromatic rings. The number of anilines is 3. The Labute approximate surface area is 252 Å². The Morgan fingerprint density at radius 2 is 0.930 bits per heavy atom. The van der Waals surface area contributed by atoms with Gasteiger partial charge in [0.2, 0.25) is 0 Å². The highest BCUT2D eigenvalue weighted by atomic mass is 16.2. The molecule has 0 heterocycles. The highest BCUT2D eigenvalue weighted by Gasteiger charge is 1.97. The Morgan fingerprint density at radius 3 is 1.21 bits per heavy atom. The molecule has 0 spiro atoms. The first kappa shape index (κ1) is 37.3. The van der Waals surface area contributed by atoms with E-state index in [-0.39, 0.29) is 0 Å². The van der Waals surface area contributed by atoms with Gasteiger partial charge in [-0.3, -0.25) is 10.5 Å². The minimum Gasteiger partial charge on any atom is -0.378 e. The van der Waals surface area contributed by atoms with Gasteiger partial charge in [-0.25, -0.2) is 19.6 Å². The van der Waals surface area contributed by atoms with Gasteiger partial charge in [0, 0.05) is 76.7 Å². The summed E-state index contributed by atoms with van der Waals surface area (Å²) < 4.78 is 0. The molecule has 3 aromatic carbocycles. The third-order valence-corrected chi connectivity index (χ3v) is 5.09. The Bertz CT molecular complexity index is 1260. The highest BCUT2D eigenvalue weighted by molar-refractivity contribution is 5.90. The lowest BCUT2D eigenvalue weighted by Gasteiger charge is -2.11. The summed E-state index contributed by atoms with van der Waals surface area (Å²) in [5.41, 5.74) is 24.1. The van der Waals surface area contributed by atoms with Crippen molar-refractivity contribution in [2.45, 2.75) is 0 Å². The second-order valence-corrected chi connectivity index (χ2v) is 9.23. The van der Waals surface area contributed by atoms with Gasteiger partial charge in [-0.1, -0.05) is 12.1 Å². The summed E-state index contributed by atoms with van der Waals surface area (Å²) in [5, 5.41) is 0. The van der Waals surface area contributed by atoms with Crippen LogP contribution in [0.1, 0.15) is 21.5 Å². The molecular weight excluding hydrogens is 550 g/mol. The summed E-state index contributed by atoms with van der Waals surface area (Å²) in [6.07, 6.45) is 3.86. The molecule has 13 heteroatoms. The number of aliphatic imine (C=N–C) groups is 1. The van der Waals surface area contributed by atoms with Gasteiger partial charge in [0.25, 0.3) is 0 Å². The lowest BCUT2D eigenvalue weighted by molar-refractivity contribution is -0.333. The lowest BCUT2D eigenvalue weighted by atomic mass is 10.2. The van der Waals surface area contributed by atoms with Crippen molar-refractivity contribution in [1.29, 1.82) is 0 Å². The van der Waals surface area contributed by atoms with E-state index < -0.39 is 18.1 Å². The Morgan fingerprint density at radius 1 is 0.605 bits per heavy atom. The molecule has 0 aliphatic heterocycles. The average molecular weight is 593 g/mol. The smallest absolute Gasteiger partial charge is 0.378 e. The van der Waals surface area contributed by atoms with Gasteiger partial charge >= 0.3 is 18.1 Å². The van der Waals surface area contributed by atoms with Crippen molar-refractivity contribution in [3.8, 4) is 0 Å². The second-order valence-electron chi connectivity index (χ2n) is 9.23. The van der Waals surface area contributed by atoms with Gasteiger partial charge in [0.05, 0.1) is 6.21 Å². The van der Waals surface area contributed by atoms with Crippen LogP contribution in [-0.4, -0.2) is 79.1 Å². The number of urea groups is 3. The number of carbonyl (C=O) groups is 4. The fourth-order valence-corrected chi connectivity index (χ4v) is 2.87. The summed E-state index contributed by atoms with van der Waals surface area (Å²) in [7, 11) is 11.8. The first-order valence-electron chi connectivity index (χ1n) is 12.7. The van der Waals surface area contributed by atoms with Crippen LogP contribution in [0, 0.1) is 0 Å². The van der Waals surface area contributed by atoms with E-state index in [2.05, 4.69) is 21.5 Å². The standard InChI is InChI=1S/2C10H13N3O.C9H11NO.CH4N2O/c2*1-13(2)9-5-3-8(4-6-9)7-12-10(11)14;1-10(2)9-5-3-8(7-11)4-6-9;2-1(3)4/h2*3-7H,1-2H3,(H2,11,14);3-7H,1-2H3;(H4,2,3,4)/p+1. The number of carbonyl (C=O) groups excluding carboxylic acids is 4. The monoisotopic (exact) mass is 592 g/mol. The maximum atomic E-state index is 10.4. The molecule has 0 saturated heterocycles. The Kier molecular flexibility index (Phi) is 17.5. The second kappa shape index (κ2) is 20.2. The molecule has 0 aliphatic rings. The van der Waals surface area contributed by atoms with Crippen molar-refractivity contribution in [1.82, 2.24) is 0 Å². The number of nitrogens with two attached hydrogens (primary N) is 4. The van der Waals surface area contributed by atoms with Crippen molar-refractivity contribution >= 4 is 53.9 Å². The van der Waals surface area contributed by atoms with E-state index in [1.165, 1.54) is 6.21 Å². The number of benzene rings is 3. The van der Waals surface area contributed by atoms with Crippen LogP contribution in [0.5, 0.6) is 0 Å². The molecule has 0 atom stereocenters. The van der Waals surface area contributed by atoms with Gasteiger partial charge < -0.3 is 31.9 Å². The SMILES string of the molecule is CN(C)c1ccc(C=NC(N)=O)cc1.CN(C)c1ccc(C=O)cc1.CN(C)c1ccc(C=[NH+]C(N)=O)cc1.NC(N)=O. The fourth-order valence-electron chi connectivity index (χ4n) is 2.87. The van der Waals surface area contributed by atoms with Crippen LogP contribution in [0.15, 0.2) is 77.8 Å². The predicted octanol–water partition coefficient (Wildman–Crippen LogP) is 1.17. The molecule has 0 fully saturated rings. The fraction of sp³-hybridized carbons (Fsp3) is 0.200. The number of hydrogen-bond donors (Lipinski definition) is 5. The number of nitrogens with zero attached hydrogens (tertiary/aromatic N) is 4. The molecule has 6 amide bonds. The minimum atomic E-state index is -0.833. The third kappa shape index (κ3) is 18.3. The van der Waals surface area contributed by atoms with Crippen molar-refractivity contribution in [3.63, 3.8) is 0 Å². The lowest BCUT2D eigenvalue weighted by Crippen LogP contribution is -2.76. The summed E-state index contributed by atoms with van der Waals surface area (Å²) in [4.78, 5) is 51.9. The van der Waals surface area contributed by atoms with E-state index in [0.717, 1.165) is 40.0 Å². The van der Waals surface area contributed by atoms with Crippen LogP contribution in [0.4, 0.5) is 31.4 Å². The van der Waals surface area contributed by atoms with Gasteiger partial charge in [-0.15, -0.1) is 0 Å². The molecule has 0 aliphatic carbocycles. The van der Waals surface area contributed by atoms with E-state index >= 15 is 0 Å². The van der Waals surface area contributed by atoms with E-state index in [1.54, 1.807) is 6.21 Å². The highest BCUT2D eigenvalue weighted by Crippen LogP contribution is 2.12. The number of hydrogen-bond acceptors (Lipinski definition) is 7. The number of primary amides is 4.